The fourth-order valence-corrected chi connectivity index (χ4v) is 4.08. The third-order valence-electron chi connectivity index (χ3n) is 5.72. The van der Waals surface area contributed by atoms with E-state index in [1.165, 1.54) is 5.56 Å². The van der Waals surface area contributed by atoms with Crippen LogP contribution in [0.1, 0.15) is 45.6 Å². The number of amides is 1. The standard InChI is InChI=1S/C22H39N7O2/c1-6-23-20(29-9-7-18(17-29)19-15-25-26(5)16-19)24-8-10-27-11-13-28(14-12-27)21(30)31-22(2,3)4/h15-16,18H,6-14,17H2,1-5H3,(H,23,24). The average Bonchev–Trinajstić information content (AvgIpc) is 3.35. The molecule has 9 nitrogen and oxygen atoms in total. The second-order valence-electron chi connectivity index (χ2n) is 9.42. The SMILES string of the molecule is CCNC(=NCCN1CCN(C(=O)OC(C)(C)C)CC1)N1CCC(c2cnn(C)c2)C1. The van der Waals surface area contributed by atoms with E-state index in [4.69, 9.17) is 9.73 Å². The lowest BCUT2D eigenvalue weighted by Crippen LogP contribution is -2.50. The Bertz CT molecular complexity index is 747. The summed E-state index contributed by atoms with van der Waals surface area (Å²) >= 11 is 0. The number of ether oxygens (including phenoxy) is 1. The number of carbonyl (C=O) groups is 1. The Morgan fingerprint density at radius 2 is 1.97 bits per heavy atom. The molecule has 2 fully saturated rings. The molecule has 174 valence electrons. The molecule has 0 radical (unpaired) electrons. The van der Waals surface area contributed by atoms with E-state index in [2.05, 4.69) is 33.3 Å². The number of rotatable bonds is 5. The number of guanidine groups is 1. The largest absolute Gasteiger partial charge is 0.444 e. The van der Waals surface area contributed by atoms with Crippen LogP contribution >= 0.6 is 0 Å². The van der Waals surface area contributed by atoms with Gasteiger partial charge in [0.05, 0.1) is 12.7 Å². The maximum atomic E-state index is 12.2. The molecular formula is C22H39N7O2. The molecule has 0 spiro atoms. The van der Waals surface area contributed by atoms with E-state index < -0.39 is 5.60 Å². The molecule has 9 heteroatoms. The summed E-state index contributed by atoms with van der Waals surface area (Å²) in [4.78, 5) is 23.6. The maximum Gasteiger partial charge on any atom is 0.410 e. The van der Waals surface area contributed by atoms with Crippen LogP contribution < -0.4 is 5.32 Å². The Labute approximate surface area is 186 Å². The van der Waals surface area contributed by atoms with Crippen LogP contribution in [0.5, 0.6) is 0 Å². The van der Waals surface area contributed by atoms with E-state index in [0.29, 0.717) is 19.0 Å². The lowest BCUT2D eigenvalue weighted by atomic mass is 10.0. The van der Waals surface area contributed by atoms with Crippen LogP contribution in [0.4, 0.5) is 4.79 Å². The summed E-state index contributed by atoms with van der Waals surface area (Å²) in [7, 11) is 1.97. The average molecular weight is 434 g/mol. The van der Waals surface area contributed by atoms with Gasteiger partial charge in [0.25, 0.3) is 0 Å². The summed E-state index contributed by atoms with van der Waals surface area (Å²) in [5, 5.41) is 7.77. The number of piperazine rings is 1. The molecule has 0 aromatic carbocycles. The first kappa shape index (κ1) is 23.4. The van der Waals surface area contributed by atoms with Crippen LogP contribution in [-0.2, 0) is 11.8 Å². The number of nitrogens with zero attached hydrogens (tertiary/aromatic N) is 6. The van der Waals surface area contributed by atoms with Crippen molar-refractivity contribution in [2.45, 2.75) is 45.6 Å². The van der Waals surface area contributed by atoms with Crippen LogP contribution in [0, 0.1) is 0 Å². The Hall–Kier alpha value is -2.29. The van der Waals surface area contributed by atoms with Gasteiger partial charge < -0.3 is 19.9 Å². The predicted octanol–water partition coefficient (Wildman–Crippen LogP) is 1.73. The van der Waals surface area contributed by atoms with Crippen molar-refractivity contribution < 1.29 is 9.53 Å². The van der Waals surface area contributed by atoms with Gasteiger partial charge in [0.15, 0.2) is 5.96 Å². The molecule has 2 aliphatic heterocycles. The Morgan fingerprint density at radius 3 is 2.58 bits per heavy atom. The number of aliphatic imine (C=N–C) groups is 1. The molecule has 31 heavy (non-hydrogen) atoms. The van der Waals surface area contributed by atoms with Crippen molar-refractivity contribution in [2.75, 3.05) is 58.9 Å². The van der Waals surface area contributed by atoms with Crippen LogP contribution in [-0.4, -0.2) is 101 Å². The Kier molecular flexibility index (Phi) is 7.80. The number of nitrogens with one attached hydrogen (secondary N) is 1. The number of hydrogen-bond acceptors (Lipinski definition) is 5. The highest BCUT2D eigenvalue weighted by Crippen LogP contribution is 2.26. The van der Waals surface area contributed by atoms with Gasteiger partial charge in [0.1, 0.15) is 5.60 Å². The molecule has 0 bridgehead atoms. The van der Waals surface area contributed by atoms with E-state index in [0.717, 1.165) is 58.2 Å². The van der Waals surface area contributed by atoms with E-state index >= 15 is 0 Å². The van der Waals surface area contributed by atoms with Gasteiger partial charge in [0, 0.05) is 71.5 Å². The Morgan fingerprint density at radius 1 is 1.23 bits per heavy atom. The topological polar surface area (TPSA) is 78.2 Å². The van der Waals surface area contributed by atoms with Gasteiger partial charge in [-0.25, -0.2) is 4.79 Å². The van der Waals surface area contributed by atoms with Gasteiger partial charge in [-0.05, 0) is 39.7 Å². The first-order chi connectivity index (χ1) is 14.7. The second kappa shape index (κ2) is 10.3. The molecule has 1 amide bonds. The van der Waals surface area contributed by atoms with Gasteiger partial charge >= 0.3 is 6.09 Å². The van der Waals surface area contributed by atoms with Gasteiger partial charge in [0.2, 0.25) is 0 Å². The number of carbonyl (C=O) groups excluding carboxylic acids is 1. The lowest BCUT2D eigenvalue weighted by molar-refractivity contribution is 0.0148. The predicted molar refractivity (Wildman–Crippen MR) is 122 cm³/mol. The zero-order chi connectivity index (χ0) is 22.4. The summed E-state index contributed by atoms with van der Waals surface area (Å²) in [6, 6.07) is 0. The molecule has 1 atom stereocenters. The zero-order valence-corrected chi connectivity index (χ0v) is 19.8. The monoisotopic (exact) mass is 433 g/mol. The molecule has 3 rings (SSSR count). The first-order valence-electron chi connectivity index (χ1n) is 11.5. The number of aromatic nitrogens is 2. The molecule has 2 aliphatic rings. The minimum Gasteiger partial charge on any atom is -0.444 e. The quantitative estimate of drug-likeness (QED) is 0.563. The molecule has 1 N–H and O–H groups in total. The second-order valence-corrected chi connectivity index (χ2v) is 9.42. The molecule has 3 heterocycles. The summed E-state index contributed by atoms with van der Waals surface area (Å²) in [5.41, 5.74) is 0.862. The van der Waals surface area contributed by atoms with Crippen molar-refractivity contribution >= 4 is 12.1 Å². The molecule has 0 saturated carbocycles. The van der Waals surface area contributed by atoms with Crippen LogP contribution in [0.2, 0.25) is 0 Å². The normalized spacial score (nSPS) is 20.9. The highest BCUT2D eigenvalue weighted by molar-refractivity contribution is 5.80. The van der Waals surface area contributed by atoms with Crippen molar-refractivity contribution in [3.63, 3.8) is 0 Å². The summed E-state index contributed by atoms with van der Waals surface area (Å²) < 4.78 is 7.35. The molecule has 1 unspecified atom stereocenters. The molecule has 1 aromatic rings. The smallest absolute Gasteiger partial charge is 0.410 e. The van der Waals surface area contributed by atoms with Gasteiger partial charge in [-0.15, -0.1) is 0 Å². The summed E-state index contributed by atoms with van der Waals surface area (Å²) in [6.07, 6.45) is 5.02. The minimum absolute atomic E-state index is 0.211. The number of hydrogen-bond donors (Lipinski definition) is 1. The number of aryl methyl sites for hydroxylation is 1. The van der Waals surface area contributed by atoms with Crippen molar-refractivity contribution in [1.82, 2.24) is 29.8 Å². The van der Waals surface area contributed by atoms with Gasteiger partial charge in [-0.2, -0.15) is 5.10 Å². The van der Waals surface area contributed by atoms with Crippen molar-refractivity contribution in [3.05, 3.63) is 18.0 Å². The van der Waals surface area contributed by atoms with Crippen LogP contribution in [0.3, 0.4) is 0 Å². The molecule has 0 aliphatic carbocycles. The van der Waals surface area contributed by atoms with Crippen molar-refractivity contribution in [3.8, 4) is 0 Å². The molecule has 1 aromatic heterocycles. The lowest BCUT2D eigenvalue weighted by Gasteiger charge is -2.35. The van der Waals surface area contributed by atoms with Crippen LogP contribution in [0.25, 0.3) is 0 Å². The fourth-order valence-electron chi connectivity index (χ4n) is 4.08. The first-order valence-corrected chi connectivity index (χ1v) is 11.5. The van der Waals surface area contributed by atoms with E-state index in [-0.39, 0.29) is 6.09 Å². The van der Waals surface area contributed by atoms with Crippen molar-refractivity contribution in [2.24, 2.45) is 12.0 Å². The molecule has 2 saturated heterocycles. The number of likely N-dealkylation sites (tertiary alicyclic amines) is 1. The third-order valence-corrected chi connectivity index (χ3v) is 5.72. The fraction of sp³-hybridized carbons (Fsp3) is 0.773. The van der Waals surface area contributed by atoms with E-state index in [1.807, 2.05) is 38.7 Å². The third kappa shape index (κ3) is 6.85. The van der Waals surface area contributed by atoms with Gasteiger partial charge in [-0.3, -0.25) is 14.6 Å². The zero-order valence-electron chi connectivity index (χ0n) is 19.8. The highest BCUT2D eigenvalue weighted by Gasteiger charge is 2.28. The van der Waals surface area contributed by atoms with Crippen molar-refractivity contribution in [1.29, 1.82) is 0 Å². The minimum atomic E-state index is -0.447. The maximum absolute atomic E-state index is 12.2. The van der Waals surface area contributed by atoms with Gasteiger partial charge in [-0.1, -0.05) is 0 Å². The Balaban J connectivity index is 1.45. The van der Waals surface area contributed by atoms with E-state index in [9.17, 15) is 4.79 Å². The van der Waals surface area contributed by atoms with Crippen LogP contribution in [0.15, 0.2) is 17.4 Å². The van der Waals surface area contributed by atoms with E-state index in [1.54, 1.807) is 4.90 Å². The summed E-state index contributed by atoms with van der Waals surface area (Å²) in [5.74, 6) is 1.51. The summed E-state index contributed by atoms with van der Waals surface area (Å²) in [6.45, 7) is 15.5. The molecular weight excluding hydrogens is 394 g/mol. The highest BCUT2D eigenvalue weighted by atomic mass is 16.6.